The van der Waals surface area contributed by atoms with Crippen molar-refractivity contribution in [1.82, 2.24) is 5.32 Å². The molecule has 2 heterocycles. The number of nitrogens with one attached hydrogen (secondary N) is 2. The molecule has 1 aromatic carbocycles. The molecule has 1 aliphatic heterocycles. The summed E-state index contributed by atoms with van der Waals surface area (Å²) < 4.78 is 0. The van der Waals surface area contributed by atoms with E-state index in [1.165, 1.54) is 4.88 Å². The third-order valence-corrected chi connectivity index (χ3v) is 5.25. The number of benzene rings is 1. The van der Waals surface area contributed by atoms with Crippen LogP contribution in [0.5, 0.6) is 0 Å². The molecule has 3 rings (SSSR count). The molecule has 2 amide bonds. The van der Waals surface area contributed by atoms with Crippen molar-refractivity contribution in [3.8, 4) is 0 Å². The van der Waals surface area contributed by atoms with Crippen LogP contribution in [-0.4, -0.2) is 11.8 Å². The minimum absolute atomic E-state index is 0.0258. The van der Waals surface area contributed by atoms with E-state index >= 15 is 0 Å². The topological polar surface area (TPSA) is 58.2 Å². The van der Waals surface area contributed by atoms with Crippen LogP contribution in [0.3, 0.4) is 0 Å². The second kappa shape index (κ2) is 7.62. The van der Waals surface area contributed by atoms with Gasteiger partial charge in [0.15, 0.2) is 0 Å². The highest BCUT2D eigenvalue weighted by atomic mass is 32.1. The Kier molecular flexibility index (Phi) is 5.30. The van der Waals surface area contributed by atoms with Gasteiger partial charge in [-0.25, -0.2) is 0 Å². The normalized spacial score (nSPS) is 14.6. The number of aryl methyl sites for hydroxylation is 2. The standard InChI is InChI=1S/C19H22N2O2S/c1-13(20-18(22)6-2-4-16-5-3-11-24-16)14-7-9-17-15(12-14)8-10-19(23)21-17/h3,5,7,9,11-13H,2,4,6,8,10H2,1H3,(H,20,22)(H,21,23)/t13-/m0/s1. The molecule has 0 unspecified atom stereocenters. The average Bonchev–Trinajstić information content (AvgIpc) is 3.07. The number of carbonyl (C=O) groups excluding carboxylic acids is 2. The number of hydrogen-bond donors (Lipinski definition) is 2. The van der Waals surface area contributed by atoms with Crippen LogP contribution in [-0.2, 0) is 22.4 Å². The highest BCUT2D eigenvalue weighted by Crippen LogP contribution is 2.26. The largest absolute Gasteiger partial charge is 0.350 e. The first-order valence-corrected chi connectivity index (χ1v) is 9.24. The van der Waals surface area contributed by atoms with E-state index in [-0.39, 0.29) is 17.9 Å². The Hall–Kier alpha value is -2.14. The molecule has 0 fully saturated rings. The maximum absolute atomic E-state index is 12.1. The summed E-state index contributed by atoms with van der Waals surface area (Å²) in [7, 11) is 0. The number of fused-ring (bicyclic) bond motifs is 1. The molecule has 1 aromatic heterocycles. The monoisotopic (exact) mass is 342 g/mol. The van der Waals surface area contributed by atoms with Crippen molar-refractivity contribution >= 4 is 28.8 Å². The molecule has 1 atom stereocenters. The molecule has 0 bridgehead atoms. The Bertz CT molecular complexity index is 725. The molecular formula is C19H22N2O2S. The van der Waals surface area contributed by atoms with Crippen LogP contribution < -0.4 is 10.6 Å². The van der Waals surface area contributed by atoms with Crippen LogP contribution in [0.15, 0.2) is 35.7 Å². The lowest BCUT2D eigenvalue weighted by Gasteiger charge is -2.20. The molecule has 2 aromatic rings. The van der Waals surface area contributed by atoms with Crippen molar-refractivity contribution in [2.45, 2.75) is 45.1 Å². The predicted octanol–water partition coefficient (Wildman–Crippen LogP) is 3.83. The predicted molar refractivity (Wildman–Crippen MR) is 97.2 cm³/mol. The van der Waals surface area contributed by atoms with E-state index < -0.39 is 0 Å². The average molecular weight is 342 g/mol. The van der Waals surface area contributed by atoms with Gasteiger partial charge in [0.25, 0.3) is 0 Å². The van der Waals surface area contributed by atoms with Crippen molar-refractivity contribution in [2.75, 3.05) is 5.32 Å². The van der Waals surface area contributed by atoms with Crippen molar-refractivity contribution in [2.24, 2.45) is 0 Å². The molecular weight excluding hydrogens is 320 g/mol. The number of anilines is 1. The number of rotatable bonds is 6. The Labute approximate surface area is 146 Å². The third kappa shape index (κ3) is 4.23. The van der Waals surface area contributed by atoms with Crippen molar-refractivity contribution < 1.29 is 9.59 Å². The first-order valence-electron chi connectivity index (χ1n) is 8.36. The van der Waals surface area contributed by atoms with Gasteiger partial charge in [-0.05, 0) is 54.8 Å². The van der Waals surface area contributed by atoms with E-state index in [0.717, 1.165) is 36.1 Å². The molecule has 0 saturated heterocycles. The van der Waals surface area contributed by atoms with Crippen LogP contribution in [0.1, 0.15) is 48.2 Å². The first-order chi connectivity index (χ1) is 11.6. The minimum Gasteiger partial charge on any atom is -0.350 e. The van der Waals surface area contributed by atoms with Crippen molar-refractivity contribution in [3.63, 3.8) is 0 Å². The lowest BCUT2D eigenvalue weighted by molar-refractivity contribution is -0.121. The SMILES string of the molecule is C[C@H](NC(=O)CCCc1cccs1)c1ccc2c(c1)CCC(=O)N2. The molecule has 0 spiro atoms. The molecule has 5 heteroatoms. The van der Waals surface area contributed by atoms with Crippen LogP contribution in [0.25, 0.3) is 0 Å². The van der Waals surface area contributed by atoms with Crippen molar-refractivity contribution in [1.29, 1.82) is 0 Å². The smallest absolute Gasteiger partial charge is 0.224 e. The van der Waals surface area contributed by atoms with E-state index in [4.69, 9.17) is 0 Å². The van der Waals surface area contributed by atoms with E-state index in [1.54, 1.807) is 11.3 Å². The van der Waals surface area contributed by atoms with Gasteiger partial charge in [-0.15, -0.1) is 11.3 Å². The highest BCUT2D eigenvalue weighted by Gasteiger charge is 2.17. The van der Waals surface area contributed by atoms with E-state index in [2.05, 4.69) is 28.1 Å². The Morgan fingerprint density at radius 1 is 1.33 bits per heavy atom. The summed E-state index contributed by atoms with van der Waals surface area (Å²) in [6, 6.07) is 10.1. The van der Waals surface area contributed by atoms with Gasteiger partial charge in [-0.3, -0.25) is 9.59 Å². The first kappa shape index (κ1) is 16.7. The number of amides is 2. The quantitative estimate of drug-likeness (QED) is 0.838. The molecule has 0 radical (unpaired) electrons. The molecule has 0 aliphatic carbocycles. The van der Waals surface area contributed by atoms with Gasteiger partial charge in [-0.2, -0.15) is 0 Å². The second-order valence-corrected chi connectivity index (χ2v) is 7.22. The Balaban J connectivity index is 1.51. The fraction of sp³-hybridized carbons (Fsp3) is 0.368. The van der Waals surface area contributed by atoms with Gasteiger partial charge in [0.2, 0.25) is 11.8 Å². The van der Waals surface area contributed by atoms with Gasteiger partial charge in [-0.1, -0.05) is 18.2 Å². The Morgan fingerprint density at radius 2 is 2.21 bits per heavy atom. The fourth-order valence-electron chi connectivity index (χ4n) is 2.95. The van der Waals surface area contributed by atoms with Gasteiger partial charge >= 0.3 is 0 Å². The lowest BCUT2D eigenvalue weighted by atomic mass is 9.97. The van der Waals surface area contributed by atoms with Crippen LogP contribution in [0, 0.1) is 0 Å². The maximum Gasteiger partial charge on any atom is 0.224 e. The molecule has 126 valence electrons. The summed E-state index contributed by atoms with van der Waals surface area (Å²) in [6.45, 7) is 2.00. The minimum atomic E-state index is -0.0258. The fourth-order valence-corrected chi connectivity index (χ4v) is 3.70. The summed E-state index contributed by atoms with van der Waals surface area (Å²) in [5.41, 5.74) is 3.12. The van der Waals surface area contributed by atoms with Crippen LogP contribution in [0.4, 0.5) is 5.69 Å². The second-order valence-electron chi connectivity index (χ2n) is 6.19. The summed E-state index contributed by atoms with van der Waals surface area (Å²) in [4.78, 5) is 24.9. The number of carbonyl (C=O) groups is 2. The molecule has 1 aliphatic rings. The highest BCUT2D eigenvalue weighted by molar-refractivity contribution is 7.09. The zero-order valence-electron chi connectivity index (χ0n) is 13.8. The zero-order chi connectivity index (χ0) is 16.9. The lowest BCUT2D eigenvalue weighted by Crippen LogP contribution is -2.27. The van der Waals surface area contributed by atoms with Crippen molar-refractivity contribution in [3.05, 3.63) is 51.7 Å². The third-order valence-electron chi connectivity index (χ3n) is 4.31. The van der Waals surface area contributed by atoms with Crippen LogP contribution >= 0.6 is 11.3 Å². The number of hydrogen-bond acceptors (Lipinski definition) is 3. The van der Waals surface area contributed by atoms with E-state index in [1.807, 2.05) is 25.1 Å². The van der Waals surface area contributed by atoms with E-state index in [9.17, 15) is 9.59 Å². The van der Waals surface area contributed by atoms with Crippen LogP contribution in [0.2, 0.25) is 0 Å². The number of thiophene rings is 1. The zero-order valence-corrected chi connectivity index (χ0v) is 14.6. The summed E-state index contributed by atoms with van der Waals surface area (Å²) in [5.74, 6) is 0.160. The molecule has 4 nitrogen and oxygen atoms in total. The van der Waals surface area contributed by atoms with Gasteiger partial charge in [0.05, 0.1) is 6.04 Å². The molecule has 0 saturated carbocycles. The molecule has 2 N–H and O–H groups in total. The summed E-state index contributed by atoms with van der Waals surface area (Å²) >= 11 is 1.74. The van der Waals surface area contributed by atoms with Gasteiger partial charge in [0.1, 0.15) is 0 Å². The van der Waals surface area contributed by atoms with Gasteiger partial charge < -0.3 is 10.6 Å². The summed E-state index contributed by atoms with van der Waals surface area (Å²) in [6.07, 6.45) is 3.66. The summed E-state index contributed by atoms with van der Waals surface area (Å²) in [5, 5.41) is 8.02. The Morgan fingerprint density at radius 3 is 3.00 bits per heavy atom. The van der Waals surface area contributed by atoms with Gasteiger partial charge in [0, 0.05) is 23.4 Å². The maximum atomic E-state index is 12.1. The molecule has 24 heavy (non-hydrogen) atoms. The van der Waals surface area contributed by atoms with E-state index in [0.29, 0.717) is 12.8 Å².